The highest BCUT2D eigenvalue weighted by atomic mass is 31.2. The predicted molar refractivity (Wildman–Crippen MR) is 76.7 cm³/mol. The molecule has 122 valence electrons. The molecule has 0 radical (unpaired) electrons. The third-order valence-corrected chi connectivity index (χ3v) is 4.66. The number of hydrogen-bond acceptors (Lipinski definition) is 7. The molecule has 1 aliphatic rings. The molecule has 0 aromatic carbocycles. The van der Waals surface area contributed by atoms with Crippen molar-refractivity contribution in [2.24, 2.45) is 0 Å². The van der Waals surface area contributed by atoms with Crippen molar-refractivity contribution in [1.29, 1.82) is 0 Å². The van der Waals surface area contributed by atoms with E-state index in [4.69, 9.17) is 18.5 Å². The van der Waals surface area contributed by atoms with E-state index in [0.717, 1.165) is 0 Å². The maximum absolute atomic E-state index is 11.9. The minimum Gasteiger partial charge on any atom is -0.336 e. The fourth-order valence-corrected chi connectivity index (χ4v) is 2.48. The molecule has 2 rings (SSSR count). The molecule has 0 bridgehead atoms. The number of ether oxygens (including phenoxy) is 2. The summed E-state index contributed by atoms with van der Waals surface area (Å²) in [5.41, 5.74) is -0.660. The number of nitrogens with zero attached hydrogens (tertiary/aromatic N) is 1. The highest BCUT2D eigenvalue weighted by Crippen LogP contribution is 2.46. The summed E-state index contributed by atoms with van der Waals surface area (Å²) in [6.45, 7) is 1.58. The molecule has 0 spiro atoms. The molecule has 0 aliphatic carbocycles. The molecular weight excluding hydrogens is 315 g/mol. The van der Waals surface area contributed by atoms with Gasteiger partial charge in [-0.3, -0.25) is 18.9 Å². The molecule has 2 heterocycles. The average molecular weight is 332 g/mol. The molecule has 22 heavy (non-hydrogen) atoms. The van der Waals surface area contributed by atoms with Crippen LogP contribution in [-0.4, -0.2) is 36.4 Å². The van der Waals surface area contributed by atoms with E-state index in [2.05, 4.69) is 4.98 Å². The van der Waals surface area contributed by atoms with Crippen LogP contribution in [0.2, 0.25) is 0 Å². The number of hydrogen-bond donors (Lipinski definition) is 1. The van der Waals surface area contributed by atoms with Gasteiger partial charge in [0.25, 0.3) is 5.56 Å². The van der Waals surface area contributed by atoms with Crippen LogP contribution in [0, 0.1) is 6.92 Å². The maximum atomic E-state index is 11.9. The van der Waals surface area contributed by atoms with Crippen molar-refractivity contribution in [3.05, 3.63) is 44.8 Å². The molecule has 1 N–H and O–H groups in total. The van der Waals surface area contributed by atoms with Crippen LogP contribution in [0.5, 0.6) is 0 Å². The number of aromatic amines is 1. The second kappa shape index (κ2) is 6.72. The molecule has 0 amide bonds. The number of rotatable bonds is 6. The average Bonchev–Trinajstić information content (AvgIpc) is 2.97. The smallest absolute Gasteiger partial charge is 0.336 e. The fourth-order valence-electron chi connectivity index (χ4n) is 1.79. The first kappa shape index (κ1) is 16.9. The van der Waals surface area contributed by atoms with Gasteiger partial charge in [-0.25, -0.2) is 4.79 Å². The molecular formula is C12H17N2O7P. The fraction of sp³-hybridized carbons (Fsp3) is 0.500. The van der Waals surface area contributed by atoms with E-state index >= 15 is 0 Å². The van der Waals surface area contributed by atoms with Crippen LogP contribution in [0.3, 0.4) is 0 Å². The lowest BCUT2D eigenvalue weighted by atomic mass is 10.4. The zero-order valence-corrected chi connectivity index (χ0v) is 13.2. The van der Waals surface area contributed by atoms with E-state index in [1.165, 1.54) is 25.0 Å². The Balaban J connectivity index is 2.04. The lowest BCUT2D eigenvalue weighted by Gasteiger charge is -2.19. The molecule has 2 atom stereocenters. The largest absolute Gasteiger partial charge is 0.355 e. The number of aryl methyl sites for hydroxylation is 1. The van der Waals surface area contributed by atoms with Crippen LogP contribution in [-0.2, 0) is 23.1 Å². The first-order valence-electron chi connectivity index (χ1n) is 6.36. The highest BCUT2D eigenvalue weighted by molar-refractivity contribution is 7.53. The van der Waals surface area contributed by atoms with E-state index in [0.29, 0.717) is 5.56 Å². The molecule has 10 heteroatoms. The van der Waals surface area contributed by atoms with Crippen molar-refractivity contribution in [2.45, 2.75) is 19.4 Å². The first-order chi connectivity index (χ1) is 10.4. The maximum Gasteiger partial charge on any atom is 0.355 e. The summed E-state index contributed by atoms with van der Waals surface area (Å²) in [5, 5.41) is 0. The first-order valence-corrected chi connectivity index (χ1v) is 8.09. The Morgan fingerprint density at radius 1 is 1.32 bits per heavy atom. The molecule has 0 unspecified atom stereocenters. The summed E-state index contributed by atoms with van der Waals surface area (Å²) in [4.78, 5) is 25.3. The zero-order valence-electron chi connectivity index (χ0n) is 12.3. The van der Waals surface area contributed by atoms with Crippen LogP contribution in [0.4, 0.5) is 0 Å². The quantitative estimate of drug-likeness (QED) is 0.604. The van der Waals surface area contributed by atoms with Gasteiger partial charge in [0.2, 0.25) is 0 Å². The van der Waals surface area contributed by atoms with Crippen molar-refractivity contribution < 1.29 is 23.1 Å². The number of H-pyrrole nitrogens is 1. The summed E-state index contributed by atoms with van der Waals surface area (Å²) >= 11 is 0. The van der Waals surface area contributed by atoms with Crippen LogP contribution < -0.4 is 11.2 Å². The molecule has 9 nitrogen and oxygen atoms in total. The van der Waals surface area contributed by atoms with Crippen LogP contribution in [0.15, 0.2) is 27.9 Å². The Morgan fingerprint density at radius 2 is 2.00 bits per heavy atom. The summed E-state index contributed by atoms with van der Waals surface area (Å²) in [5.74, 6) is 0. The van der Waals surface area contributed by atoms with Gasteiger partial charge in [-0.2, -0.15) is 0 Å². The van der Waals surface area contributed by atoms with Gasteiger partial charge in [0.15, 0.2) is 18.9 Å². The third kappa shape index (κ3) is 3.63. The molecule has 1 aliphatic heterocycles. The van der Waals surface area contributed by atoms with Crippen LogP contribution in [0.1, 0.15) is 11.8 Å². The lowest BCUT2D eigenvalue weighted by molar-refractivity contribution is -0.128. The third-order valence-electron chi connectivity index (χ3n) is 3.08. The van der Waals surface area contributed by atoms with Gasteiger partial charge in [0.1, 0.15) is 0 Å². The molecule has 0 saturated heterocycles. The van der Waals surface area contributed by atoms with Gasteiger partial charge in [-0.05, 0) is 19.1 Å². The van der Waals surface area contributed by atoms with E-state index in [9.17, 15) is 14.2 Å². The van der Waals surface area contributed by atoms with Crippen molar-refractivity contribution in [3.8, 4) is 0 Å². The monoisotopic (exact) mass is 332 g/mol. The van der Waals surface area contributed by atoms with Crippen LogP contribution >= 0.6 is 7.60 Å². The summed E-state index contributed by atoms with van der Waals surface area (Å²) < 4.78 is 33.3. The second-order valence-corrected chi connectivity index (χ2v) is 6.74. The Labute approximate surface area is 126 Å². The lowest BCUT2D eigenvalue weighted by Crippen LogP contribution is -2.33. The molecule has 0 saturated carbocycles. The van der Waals surface area contributed by atoms with Gasteiger partial charge in [0, 0.05) is 26.0 Å². The summed E-state index contributed by atoms with van der Waals surface area (Å²) in [6.07, 6.45) is 2.73. The van der Waals surface area contributed by atoms with Crippen LogP contribution in [0.25, 0.3) is 0 Å². The van der Waals surface area contributed by atoms with Gasteiger partial charge in [-0.1, -0.05) is 0 Å². The van der Waals surface area contributed by atoms with Crippen molar-refractivity contribution in [1.82, 2.24) is 9.55 Å². The van der Waals surface area contributed by atoms with E-state index in [1.807, 2.05) is 0 Å². The Kier molecular flexibility index (Phi) is 5.15. The molecule has 1 aromatic heterocycles. The van der Waals surface area contributed by atoms with Crippen molar-refractivity contribution >= 4 is 7.60 Å². The van der Waals surface area contributed by atoms with Gasteiger partial charge in [-0.15, -0.1) is 0 Å². The minimum absolute atomic E-state index is 0.290. The van der Waals surface area contributed by atoms with Gasteiger partial charge >= 0.3 is 13.3 Å². The standard InChI is InChI=1S/C12H17N2O7P/c1-8-6-14(12(16)13-11(8)15)9-4-5-10(21-9)20-7-22(17,18-2)19-3/h4-6,9-10H,7H2,1-3H3,(H,13,15,16)/t9-,10+/m1/s1. The van der Waals surface area contributed by atoms with Crippen molar-refractivity contribution in [2.75, 3.05) is 20.6 Å². The molecule has 1 aromatic rings. The number of nitrogens with one attached hydrogen (secondary N) is 1. The highest BCUT2D eigenvalue weighted by Gasteiger charge is 2.27. The van der Waals surface area contributed by atoms with Gasteiger partial charge < -0.3 is 18.5 Å². The van der Waals surface area contributed by atoms with Crippen molar-refractivity contribution in [3.63, 3.8) is 0 Å². The Bertz CT molecular complexity index is 715. The Morgan fingerprint density at radius 3 is 2.64 bits per heavy atom. The summed E-state index contributed by atoms with van der Waals surface area (Å²) in [6, 6.07) is 0. The SMILES string of the molecule is COP(=O)(CO[C@@H]1C=C[C@H](n2cc(C)c(=O)[nH]c2=O)O1)OC. The second-order valence-electron chi connectivity index (χ2n) is 4.53. The van der Waals surface area contributed by atoms with E-state index < -0.39 is 31.4 Å². The van der Waals surface area contributed by atoms with Gasteiger partial charge in [0.05, 0.1) is 0 Å². The van der Waals surface area contributed by atoms with E-state index in [1.54, 1.807) is 19.1 Å². The minimum atomic E-state index is -3.30. The predicted octanol–water partition coefficient (Wildman–Crippen LogP) is 0.716. The zero-order chi connectivity index (χ0) is 16.3. The molecule has 0 fully saturated rings. The number of aromatic nitrogens is 2. The normalized spacial score (nSPS) is 21.4. The summed E-state index contributed by atoms with van der Waals surface area (Å²) in [7, 11) is -0.793. The van der Waals surface area contributed by atoms with E-state index in [-0.39, 0.29) is 6.35 Å². The topological polar surface area (TPSA) is 109 Å². The Hall–Kier alpha value is -1.51.